The molecule has 0 aliphatic carbocycles. The lowest BCUT2D eigenvalue weighted by atomic mass is 10.1. The van der Waals surface area contributed by atoms with E-state index in [2.05, 4.69) is 25.6 Å². The van der Waals surface area contributed by atoms with E-state index in [1.807, 2.05) is 6.07 Å². The van der Waals surface area contributed by atoms with Gasteiger partial charge in [0.05, 0.1) is 18.0 Å². The maximum Gasteiger partial charge on any atom is 0.328 e. The number of hydrogen-bond acceptors (Lipinski definition) is 8. The molecule has 4 N–H and O–H groups in total. The van der Waals surface area contributed by atoms with Crippen molar-refractivity contribution in [3.05, 3.63) is 54.5 Å². The van der Waals surface area contributed by atoms with E-state index in [4.69, 9.17) is 9.84 Å². The summed E-state index contributed by atoms with van der Waals surface area (Å²) in [5.74, 6) is 0.247. The average Bonchev–Trinajstić information content (AvgIpc) is 3.05. The SMILES string of the molecule is O=C(Nc1ccnc(OCC(O)CO)n1)N1CCCNc2ccc(-c3cccc(F)c3)nc21. The fourth-order valence-corrected chi connectivity index (χ4v) is 3.25. The van der Waals surface area contributed by atoms with Gasteiger partial charge in [0.1, 0.15) is 24.3 Å². The van der Waals surface area contributed by atoms with Crippen LogP contribution in [-0.4, -0.2) is 63.6 Å². The fourth-order valence-electron chi connectivity index (χ4n) is 3.25. The topological polar surface area (TPSA) is 133 Å². The number of ether oxygens (including phenoxy) is 1. The maximum atomic E-state index is 13.7. The van der Waals surface area contributed by atoms with E-state index in [0.29, 0.717) is 42.3 Å². The Bertz CT molecular complexity index is 1130. The largest absolute Gasteiger partial charge is 0.461 e. The zero-order valence-electron chi connectivity index (χ0n) is 17.6. The predicted molar refractivity (Wildman–Crippen MR) is 120 cm³/mol. The molecule has 0 spiro atoms. The Morgan fingerprint density at radius 3 is 2.97 bits per heavy atom. The minimum Gasteiger partial charge on any atom is -0.461 e. The molecule has 1 atom stereocenters. The van der Waals surface area contributed by atoms with E-state index < -0.39 is 18.7 Å². The number of nitrogens with one attached hydrogen (secondary N) is 2. The number of benzene rings is 1. The van der Waals surface area contributed by atoms with Gasteiger partial charge in [0.15, 0.2) is 5.82 Å². The minimum absolute atomic E-state index is 0.0512. The third-order valence-corrected chi connectivity index (χ3v) is 4.85. The summed E-state index contributed by atoms with van der Waals surface area (Å²) in [5, 5.41) is 24.2. The van der Waals surface area contributed by atoms with Crippen LogP contribution in [0.2, 0.25) is 0 Å². The molecule has 0 radical (unpaired) electrons. The Balaban J connectivity index is 1.56. The van der Waals surface area contributed by atoms with Gasteiger partial charge in [-0.1, -0.05) is 12.1 Å². The highest BCUT2D eigenvalue weighted by atomic mass is 19.1. The number of halogens is 1. The smallest absolute Gasteiger partial charge is 0.328 e. The monoisotopic (exact) mass is 454 g/mol. The summed E-state index contributed by atoms with van der Waals surface area (Å²) in [6.07, 6.45) is 1.03. The van der Waals surface area contributed by atoms with Gasteiger partial charge in [-0.3, -0.25) is 10.2 Å². The molecule has 33 heavy (non-hydrogen) atoms. The second-order valence-corrected chi connectivity index (χ2v) is 7.31. The minimum atomic E-state index is -1.06. The van der Waals surface area contributed by atoms with E-state index >= 15 is 0 Å². The molecule has 2 amide bonds. The molecular formula is C22H23FN6O4. The number of aromatic nitrogens is 3. The molecule has 0 saturated carbocycles. The molecule has 2 aromatic heterocycles. The van der Waals surface area contributed by atoms with Crippen LogP contribution < -0.4 is 20.3 Å². The predicted octanol–water partition coefficient (Wildman–Crippen LogP) is 2.26. The molecule has 172 valence electrons. The molecule has 11 heteroatoms. The van der Waals surface area contributed by atoms with Crippen molar-refractivity contribution in [3.8, 4) is 17.3 Å². The number of urea groups is 1. The van der Waals surface area contributed by atoms with E-state index in [9.17, 15) is 14.3 Å². The van der Waals surface area contributed by atoms with Gasteiger partial charge in [0.2, 0.25) is 0 Å². The number of pyridine rings is 1. The van der Waals surface area contributed by atoms with Crippen LogP contribution in [0.1, 0.15) is 6.42 Å². The van der Waals surface area contributed by atoms with Crippen molar-refractivity contribution >= 4 is 23.4 Å². The third-order valence-electron chi connectivity index (χ3n) is 4.85. The Hall–Kier alpha value is -3.83. The number of anilines is 3. The summed E-state index contributed by atoms with van der Waals surface area (Å²) in [7, 11) is 0. The number of nitrogens with zero attached hydrogens (tertiary/aromatic N) is 4. The first-order valence-corrected chi connectivity index (χ1v) is 10.4. The molecule has 3 heterocycles. The van der Waals surface area contributed by atoms with Crippen LogP contribution in [0.4, 0.5) is 26.5 Å². The van der Waals surface area contributed by atoms with Crippen molar-refractivity contribution in [3.63, 3.8) is 0 Å². The number of rotatable bonds is 6. The first-order valence-electron chi connectivity index (χ1n) is 10.4. The molecule has 1 aliphatic rings. The number of fused-ring (bicyclic) bond motifs is 1. The van der Waals surface area contributed by atoms with Gasteiger partial charge in [0.25, 0.3) is 0 Å². The van der Waals surface area contributed by atoms with Gasteiger partial charge in [-0.2, -0.15) is 4.98 Å². The van der Waals surface area contributed by atoms with Gasteiger partial charge >= 0.3 is 12.0 Å². The van der Waals surface area contributed by atoms with Gasteiger partial charge in [-0.05, 0) is 36.8 Å². The molecule has 1 unspecified atom stereocenters. The molecular weight excluding hydrogens is 431 g/mol. The number of amides is 2. The number of aliphatic hydroxyl groups is 2. The van der Waals surface area contributed by atoms with Gasteiger partial charge in [-0.15, -0.1) is 0 Å². The van der Waals surface area contributed by atoms with Crippen LogP contribution in [0.15, 0.2) is 48.7 Å². The zero-order chi connectivity index (χ0) is 23.2. The maximum absolute atomic E-state index is 13.7. The van der Waals surface area contributed by atoms with Gasteiger partial charge < -0.3 is 20.3 Å². The van der Waals surface area contributed by atoms with E-state index in [1.54, 1.807) is 18.2 Å². The van der Waals surface area contributed by atoms with Crippen molar-refractivity contribution in [1.29, 1.82) is 0 Å². The van der Waals surface area contributed by atoms with Gasteiger partial charge in [0, 0.05) is 24.8 Å². The Kier molecular flexibility index (Phi) is 6.91. The third kappa shape index (κ3) is 5.51. The van der Waals surface area contributed by atoms with Crippen LogP contribution in [0.5, 0.6) is 6.01 Å². The van der Waals surface area contributed by atoms with E-state index in [1.165, 1.54) is 29.3 Å². The van der Waals surface area contributed by atoms with Crippen molar-refractivity contribution in [2.24, 2.45) is 0 Å². The summed E-state index contributed by atoms with van der Waals surface area (Å²) in [6, 6.07) is 10.7. The summed E-state index contributed by atoms with van der Waals surface area (Å²) in [5.41, 5.74) is 1.83. The van der Waals surface area contributed by atoms with Crippen molar-refractivity contribution < 1.29 is 24.1 Å². The lowest BCUT2D eigenvalue weighted by molar-refractivity contribution is 0.0505. The number of aliphatic hydroxyl groups excluding tert-OH is 2. The number of carbonyl (C=O) groups excluding carboxylic acids is 1. The molecule has 3 aromatic rings. The highest BCUT2D eigenvalue weighted by Crippen LogP contribution is 2.30. The Labute approximate surface area is 189 Å². The summed E-state index contributed by atoms with van der Waals surface area (Å²) in [4.78, 5) is 27.3. The second kappa shape index (κ2) is 10.2. The fraction of sp³-hybridized carbons (Fsp3) is 0.273. The van der Waals surface area contributed by atoms with Crippen molar-refractivity contribution in [2.45, 2.75) is 12.5 Å². The zero-order valence-corrected chi connectivity index (χ0v) is 17.6. The first kappa shape index (κ1) is 22.4. The average molecular weight is 454 g/mol. The molecule has 1 aromatic carbocycles. The van der Waals surface area contributed by atoms with Crippen molar-refractivity contribution in [2.75, 3.05) is 41.8 Å². The van der Waals surface area contributed by atoms with Gasteiger partial charge in [-0.25, -0.2) is 19.2 Å². The Morgan fingerprint density at radius 1 is 1.27 bits per heavy atom. The van der Waals surface area contributed by atoms with Crippen LogP contribution >= 0.6 is 0 Å². The molecule has 0 saturated heterocycles. The second-order valence-electron chi connectivity index (χ2n) is 7.31. The lowest BCUT2D eigenvalue weighted by Gasteiger charge is -2.22. The number of hydrogen-bond donors (Lipinski definition) is 4. The summed E-state index contributed by atoms with van der Waals surface area (Å²) in [6.45, 7) is 0.425. The standard InChI is InChI=1S/C22H23FN6O4/c23-15-4-1-3-14(11-15)17-5-6-18-20(26-17)29(10-2-8-24-18)22(32)28-19-7-9-25-21(27-19)33-13-16(31)12-30/h1,3-7,9,11,16,24,30-31H,2,8,10,12-13H2,(H,25,27,28,32). The molecule has 0 bridgehead atoms. The number of carbonyl (C=O) groups is 1. The van der Waals surface area contributed by atoms with E-state index in [-0.39, 0.29) is 24.3 Å². The summed E-state index contributed by atoms with van der Waals surface area (Å²) < 4.78 is 18.9. The molecule has 0 fully saturated rings. The summed E-state index contributed by atoms with van der Waals surface area (Å²) >= 11 is 0. The molecule has 1 aliphatic heterocycles. The van der Waals surface area contributed by atoms with Crippen LogP contribution in [0, 0.1) is 5.82 Å². The van der Waals surface area contributed by atoms with Crippen molar-refractivity contribution in [1.82, 2.24) is 15.0 Å². The van der Waals surface area contributed by atoms with E-state index in [0.717, 1.165) is 0 Å². The highest BCUT2D eigenvalue weighted by molar-refractivity contribution is 6.02. The highest BCUT2D eigenvalue weighted by Gasteiger charge is 2.24. The molecule has 10 nitrogen and oxygen atoms in total. The van der Waals surface area contributed by atoms with Crippen LogP contribution in [-0.2, 0) is 0 Å². The normalized spacial score (nSPS) is 14.0. The molecule has 4 rings (SSSR count). The van der Waals surface area contributed by atoms with Crippen LogP contribution in [0.25, 0.3) is 11.3 Å². The first-order chi connectivity index (χ1) is 16.0. The Morgan fingerprint density at radius 2 is 2.15 bits per heavy atom. The van der Waals surface area contributed by atoms with Crippen LogP contribution in [0.3, 0.4) is 0 Å². The quantitative estimate of drug-likeness (QED) is 0.446. The lowest BCUT2D eigenvalue weighted by Crippen LogP contribution is -2.36.